The van der Waals surface area contributed by atoms with Crippen LogP contribution in [0.5, 0.6) is 11.5 Å². The van der Waals surface area contributed by atoms with Crippen molar-refractivity contribution in [3.8, 4) is 11.5 Å². The van der Waals surface area contributed by atoms with E-state index in [1.54, 1.807) is 67.6 Å². The van der Waals surface area contributed by atoms with Crippen molar-refractivity contribution in [1.82, 2.24) is 10.2 Å². The third kappa shape index (κ3) is 7.31. The molecule has 0 bridgehead atoms. The number of nitrogens with one attached hydrogen (secondary N) is 1. The standard InChI is InChI=1S/C30H34ClN3O6S/c1-21(2)18-32-30(36)22(3)33(19-23-9-7-8-12-26(23)31)29(35)20-34(41(37,38)25-10-5-4-6-11-25)24-13-14-27-28(17-24)40-16-15-39-27/h4-14,17,21-22H,15-16,18-20H2,1-3H3,(H,32,36)/t22-/m0/s1. The zero-order chi connectivity index (χ0) is 29.6. The van der Waals surface area contributed by atoms with Crippen LogP contribution in [0.15, 0.2) is 77.7 Å². The number of rotatable bonds is 11. The molecular formula is C30H34ClN3O6S. The Morgan fingerprint density at radius 1 is 0.927 bits per heavy atom. The Morgan fingerprint density at radius 2 is 1.59 bits per heavy atom. The number of hydrogen-bond donors (Lipinski definition) is 1. The van der Waals surface area contributed by atoms with Crippen LogP contribution in [0.2, 0.25) is 5.02 Å². The Kier molecular flexibility index (Phi) is 9.77. The molecule has 11 heteroatoms. The van der Waals surface area contributed by atoms with Gasteiger partial charge in [0.25, 0.3) is 10.0 Å². The summed E-state index contributed by atoms with van der Waals surface area (Å²) in [7, 11) is -4.19. The monoisotopic (exact) mass is 599 g/mol. The molecule has 0 aromatic heterocycles. The van der Waals surface area contributed by atoms with Crippen molar-refractivity contribution in [2.45, 2.75) is 38.3 Å². The van der Waals surface area contributed by atoms with E-state index in [1.807, 2.05) is 13.8 Å². The van der Waals surface area contributed by atoms with Crippen LogP contribution in [0.25, 0.3) is 0 Å². The SMILES string of the molecule is CC(C)CNC(=O)[C@H](C)N(Cc1ccccc1Cl)C(=O)CN(c1ccc2c(c1)OCCO2)S(=O)(=O)c1ccccc1. The summed E-state index contributed by atoms with van der Waals surface area (Å²) in [6, 6.07) is 18.7. The van der Waals surface area contributed by atoms with Crippen LogP contribution < -0.4 is 19.1 Å². The number of nitrogens with zero attached hydrogens (tertiary/aromatic N) is 2. The number of hydrogen-bond acceptors (Lipinski definition) is 6. The first kappa shape index (κ1) is 30.2. The van der Waals surface area contributed by atoms with E-state index in [2.05, 4.69) is 5.32 Å². The fourth-order valence-electron chi connectivity index (χ4n) is 4.28. The van der Waals surface area contributed by atoms with Gasteiger partial charge in [0, 0.05) is 24.2 Å². The van der Waals surface area contributed by atoms with Crippen molar-refractivity contribution >= 4 is 39.1 Å². The van der Waals surface area contributed by atoms with Gasteiger partial charge in [-0.2, -0.15) is 0 Å². The highest BCUT2D eigenvalue weighted by Gasteiger charge is 2.33. The minimum absolute atomic E-state index is 0.00906. The molecule has 3 aromatic rings. The number of sulfonamides is 1. The number of carbonyl (C=O) groups excluding carboxylic acids is 2. The van der Waals surface area contributed by atoms with Crippen LogP contribution in [-0.2, 0) is 26.2 Å². The number of benzene rings is 3. The molecule has 2 amide bonds. The molecular weight excluding hydrogens is 566 g/mol. The van der Waals surface area contributed by atoms with E-state index >= 15 is 0 Å². The first-order chi connectivity index (χ1) is 19.6. The molecule has 1 aliphatic heterocycles. The molecule has 0 spiro atoms. The Hall–Kier alpha value is -3.76. The van der Waals surface area contributed by atoms with Gasteiger partial charge in [-0.05, 0) is 48.7 Å². The number of fused-ring (bicyclic) bond motifs is 1. The number of carbonyl (C=O) groups is 2. The number of anilines is 1. The lowest BCUT2D eigenvalue weighted by molar-refractivity contribution is -0.139. The second-order valence-electron chi connectivity index (χ2n) is 10.1. The van der Waals surface area contributed by atoms with Crippen LogP contribution in [0, 0.1) is 5.92 Å². The lowest BCUT2D eigenvalue weighted by Crippen LogP contribution is -2.51. The molecule has 0 aliphatic carbocycles. The van der Waals surface area contributed by atoms with E-state index in [0.29, 0.717) is 41.8 Å². The summed E-state index contributed by atoms with van der Waals surface area (Å²) < 4.78 is 40.2. The highest BCUT2D eigenvalue weighted by molar-refractivity contribution is 7.92. The number of ether oxygens (including phenoxy) is 2. The second kappa shape index (κ2) is 13.3. The zero-order valence-electron chi connectivity index (χ0n) is 23.2. The van der Waals surface area contributed by atoms with Crippen LogP contribution in [0.1, 0.15) is 26.3 Å². The van der Waals surface area contributed by atoms with Gasteiger partial charge in [0.2, 0.25) is 11.8 Å². The maximum atomic E-state index is 14.0. The van der Waals surface area contributed by atoms with Gasteiger partial charge < -0.3 is 19.7 Å². The molecule has 41 heavy (non-hydrogen) atoms. The van der Waals surface area contributed by atoms with Crippen LogP contribution in [-0.4, -0.2) is 57.5 Å². The first-order valence-electron chi connectivity index (χ1n) is 13.4. The smallest absolute Gasteiger partial charge is 0.264 e. The average Bonchev–Trinajstić information content (AvgIpc) is 2.97. The Labute approximate surface area is 246 Å². The maximum absolute atomic E-state index is 14.0. The topological polar surface area (TPSA) is 105 Å². The van der Waals surface area contributed by atoms with Gasteiger partial charge >= 0.3 is 0 Å². The lowest BCUT2D eigenvalue weighted by Gasteiger charge is -2.32. The van der Waals surface area contributed by atoms with Crippen molar-refractivity contribution < 1.29 is 27.5 Å². The minimum atomic E-state index is -4.19. The molecule has 0 unspecified atom stereocenters. The highest BCUT2D eigenvalue weighted by atomic mass is 35.5. The van der Waals surface area contributed by atoms with Gasteiger partial charge in [-0.1, -0.05) is 61.8 Å². The van der Waals surface area contributed by atoms with Gasteiger partial charge in [-0.15, -0.1) is 0 Å². The molecule has 9 nitrogen and oxygen atoms in total. The zero-order valence-corrected chi connectivity index (χ0v) is 24.8. The summed E-state index contributed by atoms with van der Waals surface area (Å²) in [5, 5.41) is 3.30. The van der Waals surface area contributed by atoms with Crippen molar-refractivity contribution in [2.24, 2.45) is 5.92 Å². The fraction of sp³-hybridized carbons (Fsp3) is 0.333. The van der Waals surface area contributed by atoms with E-state index in [1.165, 1.54) is 17.0 Å². The highest BCUT2D eigenvalue weighted by Crippen LogP contribution is 2.36. The molecule has 0 radical (unpaired) electrons. The molecule has 1 N–H and O–H groups in total. The largest absolute Gasteiger partial charge is 0.486 e. The van der Waals surface area contributed by atoms with E-state index in [9.17, 15) is 18.0 Å². The normalized spacial score (nSPS) is 13.4. The fourth-order valence-corrected chi connectivity index (χ4v) is 5.90. The molecule has 0 fully saturated rings. The van der Waals surface area contributed by atoms with E-state index in [-0.39, 0.29) is 29.0 Å². The Morgan fingerprint density at radius 3 is 2.27 bits per heavy atom. The van der Waals surface area contributed by atoms with Gasteiger partial charge in [-0.3, -0.25) is 13.9 Å². The van der Waals surface area contributed by atoms with E-state index < -0.39 is 28.5 Å². The molecule has 218 valence electrons. The molecule has 1 heterocycles. The molecule has 3 aromatic carbocycles. The van der Waals surface area contributed by atoms with Crippen molar-refractivity contribution in [3.63, 3.8) is 0 Å². The maximum Gasteiger partial charge on any atom is 0.264 e. The van der Waals surface area contributed by atoms with Crippen LogP contribution in [0.4, 0.5) is 5.69 Å². The third-order valence-electron chi connectivity index (χ3n) is 6.57. The van der Waals surface area contributed by atoms with Gasteiger partial charge in [0.05, 0.1) is 10.6 Å². The van der Waals surface area contributed by atoms with Gasteiger partial charge in [-0.25, -0.2) is 8.42 Å². The summed E-state index contributed by atoms with van der Waals surface area (Å²) in [5.74, 6) is 0.144. The number of halogens is 1. The van der Waals surface area contributed by atoms with Crippen molar-refractivity contribution in [3.05, 3.63) is 83.4 Å². The predicted octanol–water partition coefficient (Wildman–Crippen LogP) is 4.50. The van der Waals surface area contributed by atoms with Gasteiger partial charge in [0.1, 0.15) is 25.8 Å². The number of amides is 2. The summed E-state index contributed by atoms with van der Waals surface area (Å²) >= 11 is 6.41. The summed E-state index contributed by atoms with van der Waals surface area (Å²) in [5.41, 5.74) is 0.851. The molecule has 0 saturated carbocycles. The summed E-state index contributed by atoms with van der Waals surface area (Å²) in [6.07, 6.45) is 0. The first-order valence-corrected chi connectivity index (χ1v) is 15.2. The summed E-state index contributed by atoms with van der Waals surface area (Å²) in [6.45, 7) is 6.13. The van der Waals surface area contributed by atoms with E-state index in [4.69, 9.17) is 21.1 Å². The second-order valence-corrected chi connectivity index (χ2v) is 12.4. The predicted molar refractivity (Wildman–Crippen MR) is 158 cm³/mol. The third-order valence-corrected chi connectivity index (χ3v) is 8.73. The quantitative estimate of drug-likeness (QED) is 0.348. The summed E-state index contributed by atoms with van der Waals surface area (Å²) in [4.78, 5) is 28.5. The Bertz CT molecular complexity index is 1480. The van der Waals surface area contributed by atoms with E-state index in [0.717, 1.165) is 4.31 Å². The average molecular weight is 600 g/mol. The Balaban J connectivity index is 1.72. The van der Waals surface area contributed by atoms with Crippen molar-refractivity contribution in [2.75, 3.05) is 30.6 Å². The lowest BCUT2D eigenvalue weighted by atomic mass is 10.1. The van der Waals surface area contributed by atoms with Crippen LogP contribution >= 0.6 is 11.6 Å². The molecule has 1 atom stereocenters. The molecule has 0 saturated heterocycles. The van der Waals surface area contributed by atoms with Crippen LogP contribution in [0.3, 0.4) is 0 Å². The van der Waals surface area contributed by atoms with Gasteiger partial charge in [0.15, 0.2) is 11.5 Å². The molecule has 4 rings (SSSR count). The minimum Gasteiger partial charge on any atom is -0.486 e. The van der Waals surface area contributed by atoms with Crippen molar-refractivity contribution in [1.29, 1.82) is 0 Å². The molecule has 1 aliphatic rings.